The molecule has 2 amide bonds. The standard InChI is InChI=1S/C22H21ClN4O4S/c23-20-17-7-6-16(27(30)31)12-18(17)32-21(20)22(29)26-10-8-25(9-11-26)14-19(28)24-13-15-4-2-1-3-5-15/h1-7,12H,8-11,13-14H2,(H,24,28). The second kappa shape index (κ2) is 9.64. The number of hydrogen-bond donors (Lipinski definition) is 1. The Balaban J connectivity index is 1.33. The van der Waals surface area contributed by atoms with Crippen molar-refractivity contribution in [2.24, 2.45) is 0 Å². The van der Waals surface area contributed by atoms with Crippen LogP contribution >= 0.6 is 22.9 Å². The average molecular weight is 473 g/mol. The third-order valence-electron chi connectivity index (χ3n) is 5.38. The molecule has 1 fully saturated rings. The molecule has 0 unspecified atom stereocenters. The predicted molar refractivity (Wildman–Crippen MR) is 124 cm³/mol. The number of amides is 2. The van der Waals surface area contributed by atoms with Gasteiger partial charge in [0.25, 0.3) is 11.6 Å². The molecule has 0 bridgehead atoms. The number of thiophene rings is 1. The van der Waals surface area contributed by atoms with Crippen LogP contribution in [0.5, 0.6) is 0 Å². The van der Waals surface area contributed by atoms with E-state index in [0.717, 1.165) is 5.56 Å². The minimum atomic E-state index is -0.468. The first-order valence-electron chi connectivity index (χ1n) is 10.1. The van der Waals surface area contributed by atoms with E-state index < -0.39 is 4.92 Å². The lowest BCUT2D eigenvalue weighted by Gasteiger charge is -2.34. The Morgan fingerprint density at radius 2 is 1.81 bits per heavy atom. The molecule has 1 aliphatic rings. The first-order chi connectivity index (χ1) is 15.4. The zero-order valence-electron chi connectivity index (χ0n) is 17.1. The molecule has 1 saturated heterocycles. The van der Waals surface area contributed by atoms with Gasteiger partial charge in [0.2, 0.25) is 5.91 Å². The van der Waals surface area contributed by atoms with Gasteiger partial charge in [-0.1, -0.05) is 41.9 Å². The van der Waals surface area contributed by atoms with Crippen LogP contribution < -0.4 is 5.32 Å². The van der Waals surface area contributed by atoms with Crippen LogP contribution in [0.25, 0.3) is 10.1 Å². The molecule has 1 aromatic heterocycles. The molecule has 8 nitrogen and oxygen atoms in total. The molecule has 0 atom stereocenters. The molecule has 0 radical (unpaired) electrons. The summed E-state index contributed by atoms with van der Waals surface area (Å²) in [7, 11) is 0. The van der Waals surface area contributed by atoms with Gasteiger partial charge < -0.3 is 10.2 Å². The van der Waals surface area contributed by atoms with Crippen LogP contribution in [-0.4, -0.2) is 59.3 Å². The van der Waals surface area contributed by atoms with Gasteiger partial charge in [0.1, 0.15) is 4.88 Å². The molecule has 1 N–H and O–H groups in total. The highest BCUT2D eigenvalue weighted by molar-refractivity contribution is 7.21. The van der Waals surface area contributed by atoms with Crippen LogP contribution in [0.4, 0.5) is 5.69 Å². The van der Waals surface area contributed by atoms with Gasteiger partial charge in [-0.25, -0.2) is 0 Å². The van der Waals surface area contributed by atoms with Crippen molar-refractivity contribution < 1.29 is 14.5 Å². The highest BCUT2D eigenvalue weighted by atomic mass is 35.5. The van der Waals surface area contributed by atoms with Gasteiger partial charge >= 0.3 is 0 Å². The maximum absolute atomic E-state index is 13.0. The lowest BCUT2D eigenvalue weighted by atomic mass is 10.2. The van der Waals surface area contributed by atoms with Gasteiger partial charge in [-0.2, -0.15) is 0 Å². The number of hydrogen-bond acceptors (Lipinski definition) is 6. The molecule has 2 aromatic carbocycles. The van der Waals surface area contributed by atoms with Crippen molar-refractivity contribution in [2.75, 3.05) is 32.7 Å². The van der Waals surface area contributed by atoms with Gasteiger partial charge in [0.05, 0.1) is 16.5 Å². The largest absolute Gasteiger partial charge is 0.351 e. The van der Waals surface area contributed by atoms with Gasteiger partial charge in [0, 0.05) is 54.9 Å². The molecule has 10 heteroatoms. The Labute approximate surface area is 193 Å². The van der Waals surface area contributed by atoms with Gasteiger partial charge in [-0.15, -0.1) is 11.3 Å². The van der Waals surface area contributed by atoms with E-state index in [0.29, 0.717) is 52.7 Å². The number of carbonyl (C=O) groups is 2. The van der Waals surface area contributed by atoms with Crippen molar-refractivity contribution in [2.45, 2.75) is 6.54 Å². The normalized spacial score (nSPS) is 14.5. The number of nitrogens with zero attached hydrogens (tertiary/aromatic N) is 3. The summed E-state index contributed by atoms with van der Waals surface area (Å²) in [5.41, 5.74) is 1.01. The third-order valence-corrected chi connectivity index (χ3v) is 7.02. The molecule has 3 aromatic rings. The zero-order chi connectivity index (χ0) is 22.7. The lowest BCUT2D eigenvalue weighted by Crippen LogP contribution is -2.51. The average Bonchev–Trinajstić information content (AvgIpc) is 3.14. The van der Waals surface area contributed by atoms with Crippen molar-refractivity contribution in [3.8, 4) is 0 Å². The van der Waals surface area contributed by atoms with E-state index in [1.54, 1.807) is 11.0 Å². The minimum Gasteiger partial charge on any atom is -0.351 e. The Bertz CT molecular complexity index is 1160. The van der Waals surface area contributed by atoms with Crippen molar-refractivity contribution in [1.82, 2.24) is 15.1 Å². The summed E-state index contributed by atoms with van der Waals surface area (Å²) in [6.45, 7) is 2.89. The van der Waals surface area contributed by atoms with E-state index >= 15 is 0 Å². The fraction of sp³-hybridized carbons (Fsp3) is 0.273. The molecule has 2 heterocycles. The summed E-state index contributed by atoms with van der Waals surface area (Å²) in [6.07, 6.45) is 0. The molecule has 1 aliphatic heterocycles. The Morgan fingerprint density at radius 1 is 1.09 bits per heavy atom. The summed E-state index contributed by atoms with van der Waals surface area (Å²) in [4.78, 5) is 39.9. The van der Waals surface area contributed by atoms with Gasteiger partial charge in [0.15, 0.2) is 0 Å². The first kappa shape index (κ1) is 22.2. The minimum absolute atomic E-state index is 0.0337. The molecule has 4 rings (SSSR count). The van der Waals surface area contributed by atoms with Crippen LogP contribution in [0.1, 0.15) is 15.2 Å². The van der Waals surface area contributed by atoms with E-state index in [-0.39, 0.29) is 24.0 Å². The number of carbonyl (C=O) groups excluding carboxylic acids is 2. The highest BCUT2D eigenvalue weighted by Crippen LogP contribution is 2.38. The number of nitro benzene ring substituents is 1. The number of piperazine rings is 1. The zero-order valence-corrected chi connectivity index (χ0v) is 18.7. The van der Waals surface area contributed by atoms with E-state index in [1.807, 2.05) is 35.2 Å². The van der Waals surface area contributed by atoms with Crippen LogP contribution in [0.2, 0.25) is 5.02 Å². The van der Waals surface area contributed by atoms with Crippen molar-refractivity contribution >= 4 is 50.5 Å². The van der Waals surface area contributed by atoms with Crippen molar-refractivity contribution in [1.29, 1.82) is 0 Å². The fourth-order valence-corrected chi connectivity index (χ4v) is 5.13. The molecule has 166 valence electrons. The van der Waals surface area contributed by atoms with Crippen LogP contribution in [-0.2, 0) is 11.3 Å². The quantitative estimate of drug-likeness (QED) is 0.437. The number of halogens is 1. The monoisotopic (exact) mass is 472 g/mol. The molecule has 32 heavy (non-hydrogen) atoms. The van der Waals surface area contributed by atoms with E-state index in [9.17, 15) is 19.7 Å². The molecule has 0 aliphatic carbocycles. The Kier molecular flexibility index (Phi) is 6.69. The summed E-state index contributed by atoms with van der Waals surface area (Å²) in [5, 5.41) is 14.9. The van der Waals surface area contributed by atoms with Crippen molar-refractivity contribution in [3.63, 3.8) is 0 Å². The summed E-state index contributed by atoms with van der Waals surface area (Å²) in [6, 6.07) is 14.1. The summed E-state index contributed by atoms with van der Waals surface area (Å²) < 4.78 is 0.612. The summed E-state index contributed by atoms with van der Waals surface area (Å²) >= 11 is 7.58. The van der Waals surface area contributed by atoms with Crippen molar-refractivity contribution in [3.05, 3.63) is 74.1 Å². The second-order valence-electron chi connectivity index (χ2n) is 7.51. The summed E-state index contributed by atoms with van der Waals surface area (Å²) in [5.74, 6) is -0.241. The first-order valence-corrected chi connectivity index (χ1v) is 11.3. The SMILES string of the molecule is O=C(CN1CCN(C(=O)c2sc3cc([N+](=O)[O-])ccc3c2Cl)CC1)NCc1ccccc1. The Hall–Kier alpha value is -3.01. The number of non-ortho nitro benzene ring substituents is 1. The maximum Gasteiger partial charge on any atom is 0.270 e. The smallest absolute Gasteiger partial charge is 0.270 e. The number of nitrogens with one attached hydrogen (secondary N) is 1. The number of benzene rings is 2. The predicted octanol–water partition coefficient (Wildman–Crippen LogP) is 3.54. The number of rotatable bonds is 6. The van der Waals surface area contributed by atoms with E-state index in [1.165, 1.54) is 23.5 Å². The topological polar surface area (TPSA) is 95.8 Å². The number of nitro groups is 1. The maximum atomic E-state index is 13.0. The molecule has 0 spiro atoms. The highest BCUT2D eigenvalue weighted by Gasteiger charge is 2.27. The lowest BCUT2D eigenvalue weighted by molar-refractivity contribution is -0.384. The van der Waals surface area contributed by atoms with E-state index in [2.05, 4.69) is 5.32 Å². The van der Waals surface area contributed by atoms with Crippen LogP contribution in [0.15, 0.2) is 48.5 Å². The molecule has 0 saturated carbocycles. The number of fused-ring (bicyclic) bond motifs is 1. The third kappa shape index (κ3) is 4.90. The van der Waals surface area contributed by atoms with Gasteiger partial charge in [-0.3, -0.25) is 24.6 Å². The molecular formula is C22H21ClN4O4S. The fourth-order valence-electron chi connectivity index (χ4n) is 3.61. The van der Waals surface area contributed by atoms with Gasteiger partial charge in [-0.05, 0) is 11.6 Å². The molecular weight excluding hydrogens is 452 g/mol. The second-order valence-corrected chi connectivity index (χ2v) is 8.94. The Morgan fingerprint density at radius 3 is 2.50 bits per heavy atom. The van der Waals surface area contributed by atoms with Crippen LogP contribution in [0, 0.1) is 10.1 Å². The van der Waals surface area contributed by atoms with E-state index in [4.69, 9.17) is 11.6 Å². The van der Waals surface area contributed by atoms with Crippen LogP contribution in [0.3, 0.4) is 0 Å².